The van der Waals surface area contributed by atoms with Gasteiger partial charge in [0.05, 0.1) is 24.1 Å². The lowest BCUT2D eigenvalue weighted by Crippen LogP contribution is -2.29. The van der Waals surface area contributed by atoms with E-state index < -0.39 is 11.9 Å². The second kappa shape index (κ2) is 9.27. The minimum absolute atomic E-state index is 0.00554. The highest BCUT2D eigenvalue weighted by Crippen LogP contribution is 2.44. The van der Waals surface area contributed by atoms with Crippen LogP contribution >= 0.6 is 27.3 Å². The summed E-state index contributed by atoms with van der Waals surface area (Å²) < 4.78 is 18.0. The summed E-state index contributed by atoms with van der Waals surface area (Å²) in [6.45, 7) is 5.94. The summed E-state index contributed by atoms with van der Waals surface area (Å²) in [6.07, 6.45) is 2.31. The largest absolute Gasteiger partial charge is 0.493 e. The third-order valence-corrected chi connectivity index (χ3v) is 7.22. The summed E-state index contributed by atoms with van der Waals surface area (Å²) in [6, 6.07) is 9.64. The first-order valence-corrected chi connectivity index (χ1v) is 12.4. The molecule has 3 heterocycles. The van der Waals surface area contributed by atoms with Gasteiger partial charge < -0.3 is 13.9 Å². The summed E-state index contributed by atoms with van der Waals surface area (Å²) in [5.74, 6) is 0.529. The molecule has 0 bridgehead atoms. The Balaban J connectivity index is 1.75. The molecule has 1 aliphatic rings. The minimum Gasteiger partial charge on any atom is -0.493 e. The Labute approximate surface area is 212 Å². The topological polar surface area (TPSA) is 94.8 Å². The van der Waals surface area contributed by atoms with E-state index in [-0.39, 0.29) is 16.8 Å². The maximum absolute atomic E-state index is 13.7. The number of fused-ring (bicyclic) bond motifs is 2. The Morgan fingerprint density at radius 3 is 2.74 bits per heavy atom. The predicted octanol–water partition coefficient (Wildman–Crippen LogP) is 5.29. The third kappa shape index (κ3) is 3.92. The number of hydrogen-bond donors (Lipinski definition) is 0. The lowest BCUT2D eigenvalue weighted by molar-refractivity contribution is 0.0970. The van der Waals surface area contributed by atoms with E-state index >= 15 is 0 Å². The van der Waals surface area contributed by atoms with E-state index in [1.807, 2.05) is 6.92 Å². The molecule has 0 spiro atoms. The molecule has 5 rings (SSSR count). The number of aromatic nitrogens is 2. The summed E-state index contributed by atoms with van der Waals surface area (Å²) in [5, 5.41) is 9.97. The van der Waals surface area contributed by atoms with Crippen LogP contribution in [-0.4, -0.2) is 29.8 Å². The van der Waals surface area contributed by atoms with E-state index in [4.69, 9.17) is 13.9 Å². The van der Waals surface area contributed by atoms with Crippen molar-refractivity contribution in [3.63, 3.8) is 0 Å². The third-order valence-electron chi connectivity index (χ3n) is 5.66. The summed E-state index contributed by atoms with van der Waals surface area (Å²) in [5.41, 5.74) is 0.947. The van der Waals surface area contributed by atoms with Gasteiger partial charge in [-0.25, -0.2) is 0 Å². The van der Waals surface area contributed by atoms with Crippen LogP contribution in [0.2, 0.25) is 0 Å². The van der Waals surface area contributed by atoms with Gasteiger partial charge in [0.2, 0.25) is 10.9 Å². The fourth-order valence-corrected chi connectivity index (χ4v) is 5.23. The van der Waals surface area contributed by atoms with Crippen molar-refractivity contribution in [3.05, 3.63) is 85.6 Å². The SMILES string of the molecule is C=CCOc1ccc(C2c3c(oc4ccc(Br)cc4c3=O)C(=O)N2c2nnc(CC)s2)cc1OC. The van der Waals surface area contributed by atoms with Crippen LogP contribution in [0.15, 0.2) is 62.7 Å². The summed E-state index contributed by atoms with van der Waals surface area (Å²) >= 11 is 4.72. The quantitative estimate of drug-likeness (QED) is 0.287. The monoisotopic (exact) mass is 553 g/mol. The molecule has 0 N–H and O–H groups in total. The van der Waals surface area contributed by atoms with Crippen molar-refractivity contribution < 1.29 is 18.7 Å². The van der Waals surface area contributed by atoms with Crippen LogP contribution in [0, 0.1) is 0 Å². The number of carbonyl (C=O) groups excluding carboxylic acids is 1. The van der Waals surface area contributed by atoms with Crippen molar-refractivity contribution in [3.8, 4) is 11.5 Å². The highest BCUT2D eigenvalue weighted by molar-refractivity contribution is 9.10. The molecule has 0 radical (unpaired) electrons. The van der Waals surface area contributed by atoms with Gasteiger partial charge in [0.25, 0.3) is 5.91 Å². The maximum atomic E-state index is 13.7. The maximum Gasteiger partial charge on any atom is 0.297 e. The van der Waals surface area contributed by atoms with Crippen LogP contribution in [0.4, 0.5) is 5.13 Å². The molecule has 0 saturated carbocycles. The number of aryl methyl sites for hydroxylation is 1. The second-order valence-corrected chi connectivity index (χ2v) is 9.69. The summed E-state index contributed by atoms with van der Waals surface area (Å²) in [4.78, 5) is 28.9. The van der Waals surface area contributed by atoms with E-state index in [2.05, 4.69) is 32.7 Å². The van der Waals surface area contributed by atoms with E-state index in [0.717, 1.165) is 9.48 Å². The standard InChI is InChI=1S/C25H20BrN3O5S/c1-4-10-33-17-8-6-13(11-18(17)32-3)21-20-22(30)15-12-14(26)7-9-16(15)34-23(20)24(31)29(21)25-28-27-19(5-2)35-25/h4,6-9,11-12,21H,1,5,10H2,2-3H3. The molecule has 8 nitrogen and oxygen atoms in total. The van der Waals surface area contributed by atoms with Crippen LogP contribution in [0.25, 0.3) is 11.0 Å². The average molecular weight is 554 g/mol. The van der Waals surface area contributed by atoms with Crippen LogP contribution in [0.5, 0.6) is 11.5 Å². The van der Waals surface area contributed by atoms with Gasteiger partial charge in [-0.2, -0.15) is 0 Å². The van der Waals surface area contributed by atoms with E-state index in [1.165, 1.54) is 23.3 Å². The molecule has 178 valence electrons. The van der Waals surface area contributed by atoms with Gasteiger partial charge in [0.15, 0.2) is 16.9 Å². The number of amides is 1. The molecule has 1 atom stereocenters. The minimum atomic E-state index is -0.780. The molecular formula is C25H20BrN3O5S. The smallest absolute Gasteiger partial charge is 0.297 e. The first kappa shape index (κ1) is 23.3. The van der Waals surface area contributed by atoms with Crippen molar-refractivity contribution in [2.45, 2.75) is 19.4 Å². The molecule has 0 aliphatic carbocycles. The van der Waals surface area contributed by atoms with Crippen LogP contribution in [0.1, 0.15) is 39.7 Å². The number of carbonyl (C=O) groups is 1. The van der Waals surface area contributed by atoms with Gasteiger partial charge in [-0.3, -0.25) is 14.5 Å². The zero-order valence-corrected chi connectivity index (χ0v) is 21.3. The van der Waals surface area contributed by atoms with Crippen LogP contribution in [-0.2, 0) is 6.42 Å². The molecule has 2 aromatic heterocycles. The van der Waals surface area contributed by atoms with Gasteiger partial charge >= 0.3 is 0 Å². The molecule has 1 aliphatic heterocycles. The van der Waals surface area contributed by atoms with Crippen molar-refractivity contribution in [2.24, 2.45) is 0 Å². The van der Waals surface area contributed by atoms with Crippen molar-refractivity contribution in [1.82, 2.24) is 10.2 Å². The summed E-state index contributed by atoms with van der Waals surface area (Å²) in [7, 11) is 1.53. The zero-order valence-electron chi connectivity index (χ0n) is 18.9. The average Bonchev–Trinajstić information content (AvgIpc) is 3.45. The highest BCUT2D eigenvalue weighted by Gasteiger charge is 2.45. The number of halogens is 1. The Kier molecular flexibility index (Phi) is 6.16. The normalized spacial score (nSPS) is 14.9. The fourth-order valence-electron chi connectivity index (χ4n) is 4.06. The molecule has 35 heavy (non-hydrogen) atoms. The number of rotatable bonds is 7. The van der Waals surface area contributed by atoms with Crippen LogP contribution in [0.3, 0.4) is 0 Å². The molecule has 10 heteroatoms. The Hall–Kier alpha value is -3.50. The van der Waals surface area contributed by atoms with Crippen molar-refractivity contribution >= 4 is 49.3 Å². The van der Waals surface area contributed by atoms with Gasteiger partial charge in [-0.1, -0.05) is 52.9 Å². The van der Waals surface area contributed by atoms with Crippen molar-refractivity contribution in [2.75, 3.05) is 18.6 Å². The Morgan fingerprint density at radius 1 is 1.20 bits per heavy atom. The van der Waals surface area contributed by atoms with E-state index in [9.17, 15) is 9.59 Å². The molecule has 1 unspecified atom stereocenters. The molecular weight excluding hydrogens is 534 g/mol. The van der Waals surface area contributed by atoms with Gasteiger partial charge in [0, 0.05) is 4.47 Å². The van der Waals surface area contributed by atoms with Gasteiger partial charge in [-0.05, 0) is 42.3 Å². The number of hydrogen-bond acceptors (Lipinski definition) is 8. The first-order chi connectivity index (χ1) is 17.0. The highest BCUT2D eigenvalue weighted by atomic mass is 79.9. The number of nitrogens with zero attached hydrogens (tertiary/aromatic N) is 3. The first-order valence-electron chi connectivity index (χ1n) is 10.8. The van der Waals surface area contributed by atoms with Gasteiger partial charge in [0.1, 0.15) is 17.2 Å². The number of methoxy groups -OCH3 is 1. The Bertz CT molecular complexity index is 1530. The molecule has 0 saturated heterocycles. The van der Waals surface area contributed by atoms with E-state index in [1.54, 1.807) is 42.5 Å². The lowest BCUT2D eigenvalue weighted by Gasteiger charge is -2.23. The molecule has 2 aromatic carbocycles. The number of ether oxygens (including phenoxy) is 2. The lowest BCUT2D eigenvalue weighted by atomic mass is 9.98. The van der Waals surface area contributed by atoms with Crippen LogP contribution < -0.4 is 19.8 Å². The zero-order chi connectivity index (χ0) is 24.7. The molecule has 0 fully saturated rings. The van der Waals surface area contributed by atoms with Gasteiger partial charge in [-0.15, -0.1) is 10.2 Å². The van der Waals surface area contributed by atoms with E-state index in [0.29, 0.717) is 46.2 Å². The molecule has 1 amide bonds. The number of benzene rings is 2. The predicted molar refractivity (Wildman–Crippen MR) is 137 cm³/mol. The second-order valence-electron chi connectivity index (χ2n) is 7.73. The fraction of sp³-hybridized carbons (Fsp3) is 0.200. The van der Waals surface area contributed by atoms with Crippen molar-refractivity contribution in [1.29, 1.82) is 0 Å². The molecule has 4 aromatic rings. The number of anilines is 1. The Morgan fingerprint density at radius 2 is 2.03 bits per heavy atom.